The number of fused-ring (bicyclic) bond motifs is 3. The molecule has 3 heteroatoms. The van der Waals surface area contributed by atoms with Gasteiger partial charge >= 0.3 is 0 Å². The van der Waals surface area contributed by atoms with Crippen molar-refractivity contribution in [2.24, 2.45) is 0 Å². The van der Waals surface area contributed by atoms with Gasteiger partial charge in [-0.25, -0.2) is 4.68 Å². The number of hydrogen-bond donors (Lipinski definition) is 0. The van der Waals surface area contributed by atoms with Crippen LogP contribution in [0.4, 0.5) is 0 Å². The molecule has 0 aliphatic heterocycles. The summed E-state index contributed by atoms with van der Waals surface area (Å²) in [6.07, 6.45) is 3.97. The predicted molar refractivity (Wildman–Crippen MR) is 72.0 cm³/mol. The van der Waals surface area contributed by atoms with E-state index >= 15 is 0 Å². The zero-order valence-electron chi connectivity index (χ0n) is 9.69. The second-order valence-electron chi connectivity index (χ2n) is 4.31. The maximum Gasteiger partial charge on any atom is 0.148 e. The number of benzene rings is 1. The summed E-state index contributed by atoms with van der Waals surface area (Å²) in [7, 11) is 0. The molecular weight excluding hydrogens is 222 g/mol. The van der Waals surface area contributed by atoms with E-state index in [0.29, 0.717) is 0 Å². The first-order valence-electron chi connectivity index (χ1n) is 5.93. The minimum absolute atomic E-state index is 1.08. The molecule has 18 heavy (non-hydrogen) atoms. The summed E-state index contributed by atoms with van der Waals surface area (Å²) in [5, 5.41) is 5.63. The number of pyridine rings is 1. The fourth-order valence-electron chi connectivity index (χ4n) is 2.37. The molecule has 4 rings (SSSR count). The van der Waals surface area contributed by atoms with Crippen molar-refractivity contribution in [1.29, 1.82) is 0 Å². The van der Waals surface area contributed by atoms with E-state index in [1.165, 1.54) is 5.52 Å². The van der Waals surface area contributed by atoms with Crippen molar-refractivity contribution in [2.75, 3.05) is 0 Å². The van der Waals surface area contributed by atoms with Crippen molar-refractivity contribution in [3.63, 3.8) is 0 Å². The van der Waals surface area contributed by atoms with Crippen molar-refractivity contribution < 1.29 is 0 Å². The molecule has 3 aromatic heterocycles. The van der Waals surface area contributed by atoms with Crippen LogP contribution in [0.3, 0.4) is 0 Å². The standard InChI is InChI=1S/C15H11N3/c1-2-5-14(6-3-1)18-15-12(11-16-18)8-9-13-7-4-10-17(13)15/h1-11H. The molecule has 0 aliphatic rings. The smallest absolute Gasteiger partial charge is 0.148 e. The highest BCUT2D eigenvalue weighted by molar-refractivity contribution is 5.80. The number of hydrogen-bond acceptors (Lipinski definition) is 1. The van der Waals surface area contributed by atoms with E-state index in [1.807, 2.05) is 29.1 Å². The molecule has 0 amide bonds. The van der Waals surface area contributed by atoms with Crippen LogP contribution in [0.25, 0.3) is 22.2 Å². The molecule has 0 fully saturated rings. The molecule has 0 unspecified atom stereocenters. The Labute approximate surface area is 104 Å². The van der Waals surface area contributed by atoms with Gasteiger partial charge < -0.3 is 4.40 Å². The third kappa shape index (κ3) is 1.21. The van der Waals surface area contributed by atoms with Gasteiger partial charge in [-0.15, -0.1) is 0 Å². The van der Waals surface area contributed by atoms with Crippen molar-refractivity contribution in [2.45, 2.75) is 0 Å². The average molecular weight is 233 g/mol. The topological polar surface area (TPSA) is 22.2 Å². The fourth-order valence-corrected chi connectivity index (χ4v) is 2.37. The second-order valence-corrected chi connectivity index (χ2v) is 4.31. The zero-order chi connectivity index (χ0) is 11.9. The van der Waals surface area contributed by atoms with E-state index in [0.717, 1.165) is 16.7 Å². The molecule has 0 saturated heterocycles. The number of nitrogens with zero attached hydrogens (tertiary/aromatic N) is 3. The van der Waals surface area contributed by atoms with Gasteiger partial charge in [0.1, 0.15) is 5.65 Å². The monoisotopic (exact) mass is 233 g/mol. The van der Waals surface area contributed by atoms with Crippen LogP contribution in [0.5, 0.6) is 0 Å². The number of aromatic nitrogens is 3. The van der Waals surface area contributed by atoms with E-state index in [9.17, 15) is 0 Å². The maximum atomic E-state index is 4.49. The summed E-state index contributed by atoms with van der Waals surface area (Å²) >= 11 is 0. The summed E-state index contributed by atoms with van der Waals surface area (Å²) in [5.74, 6) is 0. The van der Waals surface area contributed by atoms with E-state index < -0.39 is 0 Å². The van der Waals surface area contributed by atoms with Gasteiger partial charge in [0.05, 0.1) is 11.9 Å². The predicted octanol–water partition coefficient (Wildman–Crippen LogP) is 3.28. The Bertz CT molecular complexity index is 825. The molecule has 0 N–H and O–H groups in total. The minimum Gasteiger partial charge on any atom is -0.301 e. The van der Waals surface area contributed by atoms with Crippen LogP contribution < -0.4 is 0 Å². The lowest BCUT2D eigenvalue weighted by molar-refractivity contribution is 0.889. The molecule has 86 valence electrons. The van der Waals surface area contributed by atoms with Gasteiger partial charge in [0.25, 0.3) is 0 Å². The number of para-hydroxylation sites is 1. The largest absolute Gasteiger partial charge is 0.301 e. The SMILES string of the molecule is c1ccc(-n2ncc3ccc4cccn4c32)cc1. The number of rotatable bonds is 1. The fraction of sp³-hybridized carbons (Fsp3) is 0. The van der Waals surface area contributed by atoms with Gasteiger partial charge in [-0.2, -0.15) is 5.10 Å². The first-order valence-corrected chi connectivity index (χ1v) is 5.93. The molecule has 0 bridgehead atoms. The van der Waals surface area contributed by atoms with E-state index in [2.05, 4.69) is 52.1 Å². The minimum atomic E-state index is 1.08. The first kappa shape index (κ1) is 9.48. The second kappa shape index (κ2) is 3.47. The lowest BCUT2D eigenvalue weighted by atomic mass is 10.3. The van der Waals surface area contributed by atoms with Crippen molar-refractivity contribution in [3.8, 4) is 5.69 Å². The molecular formula is C15H11N3. The van der Waals surface area contributed by atoms with Crippen LogP contribution in [0, 0.1) is 0 Å². The van der Waals surface area contributed by atoms with E-state index in [-0.39, 0.29) is 0 Å². The van der Waals surface area contributed by atoms with Crippen molar-refractivity contribution in [1.82, 2.24) is 14.2 Å². The average Bonchev–Trinajstić information content (AvgIpc) is 3.05. The van der Waals surface area contributed by atoms with Gasteiger partial charge in [0.15, 0.2) is 0 Å². The van der Waals surface area contributed by atoms with Gasteiger partial charge in [0.2, 0.25) is 0 Å². The van der Waals surface area contributed by atoms with Crippen molar-refractivity contribution >= 4 is 16.6 Å². The third-order valence-electron chi connectivity index (χ3n) is 3.21. The zero-order valence-corrected chi connectivity index (χ0v) is 9.69. The van der Waals surface area contributed by atoms with Crippen LogP contribution in [-0.4, -0.2) is 14.2 Å². The molecule has 1 aromatic carbocycles. The Balaban J connectivity index is 2.15. The molecule has 0 atom stereocenters. The quantitative estimate of drug-likeness (QED) is 0.494. The Morgan fingerprint density at radius 3 is 2.61 bits per heavy atom. The highest BCUT2D eigenvalue weighted by Gasteiger charge is 2.07. The lowest BCUT2D eigenvalue weighted by Crippen LogP contribution is -1.99. The normalized spacial score (nSPS) is 11.3. The van der Waals surface area contributed by atoms with E-state index in [4.69, 9.17) is 0 Å². The highest BCUT2D eigenvalue weighted by Crippen LogP contribution is 2.20. The van der Waals surface area contributed by atoms with Crippen LogP contribution in [0.15, 0.2) is 67.0 Å². The first-order chi connectivity index (χ1) is 8.93. The third-order valence-corrected chi connectivity index (χ3v) is 3.21. The summed E-state index contributed by atoms with van der Waals surface area (Å²) in [6, 6.07) is 18.6. The lowest BCUT2D eigenvalue weighted by Gasteiger charge is -2.05. The summed E-state index contributed by atoms with van der Waals surface area (Å²) in [6.45, 7) is 0. The molecule has 4 aromatic rings. The van der Waals surface area contributed by atoms with Crippen LogP contribution in [0.2, 0.25) is 0 Å². The van der Waals surface area contributed by atoms with Gasteiger partial charge in [-0.1, -0.05) is 18.2 Å². The molecule has 0 radical (unpaired) electrons. The summed E-state index contributed by atoms with van der Waals surface area (Å²) in [5.41, 5.74) is 3.36. The molecule has 0 saturated carbocycles. The summed E-state index contributed by atoms with van der Waals surface area (Å²) < 4.78 is 4.14. The Hall–Kier alpha value is -2.55. The van der Waals surface area contributed by atoms with Gasteiger partial charge in [-0.05, 0) is 36.4 Å². The van der Waals surface area contributed by atoms with E-state index in [1.54, 1.807) is 0 Å². The molecule has 0 spiro atoms. The Kier molecular flexibility index (Phi) is 1.83. The van der Waals surface area contributed by atoms with Crippen LogP contribution in [-0.2, 0) is 0 Å². The maximum absolute atomic E-state index is 4.49. The van der Waals surface area contributed by atoms with Gasteiger partial charge in [0, 0.05) is 17.1 Å². The van der Waals surface area contributed by atoms with Crippen LogP contribution in [0.1, 0.15) is 0 Å². The van der Waals surface area contributed by atoms with Crippen LogP contribution >= 0.6 is 0 Å². The van der Waals surface area contributed by atoms with Crippen molar-refractivity contribution in [3.05, 3.63) is 67.0 Å². The summed E-state index contributed by atoms with van der Waals surface area (Å²) in [4.78, 5) is 0. The van der Waals surface area contributed by atoms with Gasteiger partial charge in [-0.3, -0.25) is 0 Å². The Morgan fingerprint density at radius 2 is 1.72 bits per heavy atom. The molecule has 0 aliphatic carbocycles. The molecule has 3 nitrogen and oxygen atoms in total. The Morgan fingerprint density at radius 1 is 0.833 bits per heavy atom. The highest BCUT2D eigenvalue weighted by atomic mass is 15.3. The molecule has 3 heterocycles.